The molecule has 150 valence electrons. The highest BCUT2D eigenvalue weighted by atomic mass is 127. The maximum atomic E-state index is 12.8. The summed E-state index contributed by atoms with van der Waals surface area (Å²) in [5, 5.41) is 6.97. The number of aliphatic imine (C=N–C) groups is 1. The lowest BCUT2D eigenvalue weighted by molar-refractivity contribution is 0.0668. The molecule has 1 aromatic heterocycles. The summed E-state index contributed by atoms with van der Waals surface area (Å²) in [5.74, 6) is 0.786. The van der Waals surface area contributed by atoms with Crippen molar-refractivity contribution in [1.82, 2.24) is 20.2 Å². The van der Waals surface area contributed by atoms with E-state index in [2.05, 4.69) is 34.5 Å². The quantitative estimate of drug-likeness (QED) is 0.327. The molecule has 0 fully saturated rings. The molecular formula is C18H25ClF2IN5. The minimum atomic E-state index is -2.61. The van der Waals surface area contributed by atoms with Crippen LogP contribution >= 0.6 is 35.6 Å². The van der Waals surface area contributed by atoms with E-state index in [4.69, 9.17) is 11.6 Å². The van der Waals surface area contributed by atoms with Crippen molar-refractivity contribution in [3.05, 3.63) is 53.1 Å². The summed E-state index contributed by atoms with van der Waals surface area (Å²) in [6.07, 6.45) is 3.45. The zero-order valence-corrected chi connectivity index (χ0v) is 18.6. The molecule has 0 spiro atoms. The molecule has 1 heterocycles. The van der Waals surface area contributed by atoms with Crippen molar-refractivity contribution >= 4 is 41.5 Å². The van der Waals surface area contributed by atoms with Gasteiger partial charge in [-0.05, 0) is 29.5 Å². The number of hydrogen-bond acceptors (Lipinski definition) is 2. The van der Waals surface area contributed by atoms with Gasteiger partial charge in [-0.3, -0.25) is 9.56 Å². The first-order chi connectivity index (χ1) is 12.3. The molecule has 0 saturated heterocycles. The number of halogens is 4. The third-order valence-electron chi connectivity index (χ3n) is 3.90. The zero-order valence-electron chi connectivity index (χ0n) is 15.5. The van der Waals surface area contributed by atoms with Gasteiger partial charge in [-0.15, -0.1) is 24.0 Å². The van der Waals surface area contributed by atoms with Crippen LogP contribution < -0.4 is 10.6 Å². The number of imidazole rings is 1. The van der Waals surface area contributed by atoms with Crippen molar-refractivity contribution in [1.29, 1.82) is 0 Å². The van der Waals surface area contributed by atoms with Crippen molar-refractivity contribution in [2.24, 2.45) is 10.4 Å². The van der Waals surface area contributed by atoms with E-state index >= 15 is 0 Å². The molecule has 0 saturated carbocycles. The summed E-state index contributed by atoms with van der Waals surface area (Å²) in [4.78, 5) is 8.08. The van der Waals surface area contributed by atoms with E-state index in [-0.39, 0.29) is 41.8 Å². The van der Waals surface area contributed by atoms with Gasteiger partial charge in [0.15, 0.2) is 5.96 Å². The van der Waals surface area contributed by atoms with Crippen LogP contribution in [-0.2, 0) is 13.0 Å². The Hall–Kier alpha value is -1.42. The van der Waals surface area contributed by atoms with Crippen LogP contribution in [0.25, 0.3) is 0 Å². The summed E-state index contributed by atoms with van der Waals surface area (Å²) >= 11 is 6.04. The lowest BCUT2D eigenvalue weighted by atomic mass is 9.86. The third-order valence-corrected chi connectivity index (χ3v) is 4.14. The van der Waals surface area contributed by atoms with E-state index in [1.54, 1.807) is 7.05 Å². The van der Waals surface area contributed by atoms with Crippen molar-refractivity contribution in [2.45, 2.75) is 33.4 Å². The van der Waals surface area contributed by atoms with Gasteiger partial charge < -0.3 is 10.6 Å². The van der Waals surface area contributed by atoms with E-state index in [0.29, 0.717) is 12.5 Å². The van der Waals surface area contributed by atoms with Gasteiger partial charge in [0.25, 0.3) is 0 Å². The van der Waals surface area contributed by atoms with Crippen molar-refractivity contribution in [3.63, 3.8) is 0 Å². The second kappa shape index (κ2) is 10.8. The molecular weight excluding hydrogens is 487 g/mol. The smallest absolute Gasteiger partial charge is 0.319 e. The summed E-state index contributed by atoms with van der Waals surface area (Å²) in [6, 6.07) is 7.80. The molecule has 2 aromatic rings. The molecule has 0 aliphatic rings. The normalized spacial score (nSPS) is 12.0. The average Bonchev–Trinajstić information content (AvgIpc) is 3.03. The molecule has 1 aromatic carbocycles. The van der Waals surface area contributed by atoms with E-state index in [0.717, 1.165) is 21.6 Å². The summed E-state index contributed by atoms with van der Waals surface area (Å²) < 4.78 is 26.5. The number of nitrogens with one attached hydrogen (secondary N) is 2. The monoisotopic (exact) mass is 511 g/mol. The van der Waals surface area contributed by atoms with Gasteiger partial charge >= 0.3 is 6.55 Å². The fraction of sp³-hybridized carbons (Fsp3) is 0.444. The van der Waals surface area contributed by atoms with Gasteiger partial charge in [0.05, 0.1) is 6.54 Å². The van der Waals surface area contributed by atoms with Gasteiger partial charge in [0, 0.05) is 31.0 Å². The molecule has 0 radical (unpaired) electrons. The van der Waals surface area contributed by atoms with Gasteiger partial charge in [-0.1, -0.05) is 37.6 Å². The van der Waals surface area contributed by atoms with Gasteiger partial charge in [0.1, 0.15) is 5.82 Å². The largest absolute Gasteiger partial charge is 0.356 e. The van der Waals surface area contributed by atoms with Crippen molar-refractivity contribution in [2.75, 3.05) is 13.6 Å². The van der Waals surface area contributed by atoms with Gasteiger partial charge in [-0.25, -0.2) is 4.98 Å². The number of nitrogens with zero attached hydrogens (tertiary/aromatic N) is 3. The van der Waals surface area contributed by atoms with Crippen LogP contribution in [0.3, 0.4) is 0 Å². The SMILES string of the molecule is CN=C(NCc1nccn1C(F)F)NCC(C)(C)Cc1cccc(Cl)c1.I. The molecule has 0 atom stereocenters. The topological polar surface area (TPSA) is 54.2 Å². The highest BCUT2D eigenvalue weighted by Crippen LogP contribution is 2.22. The van der Waals surface area contributed by atoms with Crippen LogP contribution in [0.15, 0.2) is 41.7 Å². The van der Waals surface area contributed by atoms with Crippen LogP contribution in [0.4, 0.5) is 8.78 Å². The molecule has 0 aliphatic carbocycles. The fourth-order valence-corrected chi connectivity index (χ4v) is 2.84. The Kier molecular flexibility index (Phi) is 9.44. The zero-order chi connectivity index (χ0) is 19.2. The summed E-state index contributed by atoms with van der Waals surface area (Å²) in [5.41, 5.74) is 1.11. The Morgan fingerprint density at radius 3 is 2.70 bits per heavy atom. The maximum Gasteiger partial charge on any atom is 0.319 e. The Morgan fingerprint density at radius 2 is 2.07 bits per heavy atom. The molecule has 9 heteroatoms. The van der Waals surface area contributed by atoms with Gasteiger partial charge in [-0.2, -0.15) is 8.78 Å². The average molecular weight is 512 g/mol. The lowest BCUT2D eigenvalue weighted by Gasteiger charge is -2.26. The Balaban J connectivity index is 0.00000364. The van der Waals surface area contributed by atoms with Crippen molar-refractivity contribution in [3.8, 4) is 0 Å². The standard InChI is InChI=1S/C18H24ClF2N5.HI/c1-18(2,10-13-5-4-6-14(19)9-13)12-25-17(22-3)24-11-15-23-7-8-26(15)16(20)21;/h4-9,16H,10-12H2,1-3H3,(H2,22,24,25);1H. The molecule has 27 heavy (non-hydrogen) atoms. The highest BCUT2D eigenvalue weighted by molar-refractivity contribution is 14.0. The fourth-order valence-electron chi connectivity index (χ4n) is 2.63. The number of hydrogen-bond donors (Lipinski definition) is 2. The highest BCUT2D eigenvalue weighted by Gasteiger charge is 2.19. The van der Waals surface area contributed by atoms with Gasteiger partial charge in [0.2, 0.25) is 0 Å². The van der Waals surface area contributed by atoms with Crippen LogP contribution in [0.5, 0.6) is 0 Å². The predicted molar refractivity (Wildman–Crippen MR) is 116 cm³/mol. The predicted octanol–water partition coefficient (Wildman–Crippen LogP) is 4.48. The van der Waals surface area contributed by atoms with Crippen LogP contribution in [0, 0.1) is 5.41 Å². The van der Waals surface area contributed by atoms with E-state index < -0.39 is 6.55 Å². The molecule has 0 unspecified atom stereocenters. The molecule has 0 bridgehead atoms. The van der Waals surface area contributed by atoms with E-state index in [1.807, 2.05) is 24.3 Å². The number of guanidine groups is 1. The minimum absolute atomic E-state index is 0. The molecule has 0 amide bonds. The minimum Gasteiger partial charge on any atom is -0.356 e. The lowest BCUT2D eigenvalue weighted by Crippen LogP contribution is -2.42. The second-order valence-corrected chi connectivity index (χ2v) is 7.22. The number of rotatable bonds is 7. The van der Waals surface area contributed by atoms with Crippen LogP contribution in [0.1, 0.15) is 31.8 Å². The number of alkyl halides is 2. The first-order valence-electron chi connectivity index (χ1n) is 8.29. The Bertz CT molecular complexity index is 749. The Morgan fingerprint density at radius 1 is 1.33 bits per heavy atom. The first-order valence-corrected chi connectivity index (χ1v) is 8.67. The maximum absolute atomic E-state index is 12.8. The Labute approximate surface area is 180 Å². The second-order valence-electron chi connectivity index (χ2n) is 6.78. The molecule has 5 nitrogen and oxygen atoms in total. The third kappa shape index (κ3) is 7.61. The van der Waals surface area contributed by atoms with E-state index in [9.17, 15) is 8.78 Å². The summed E-state index contributed by atoms with van der Waals surface area (Å²) in [7, 11) is 1.64. The molecule has 0 aliphatic heterocycles. The summed E-state index contributed by atoms with van der Waals surface area (Å²) in [6.45, 7) is 2.48. The van der Waals surface area contributed by atoms with Crippen LogP contribution in [-0.4, -0.2) is 29.1 Å². The van der Waals surface area contributed by atoms with E-state index in [1.165, 1.54) is 12.4 Å². The molecule has 2 N–H and O–H groups in total. The first kappa shape index (κ1) is 23.6. The van der Waals surface area contributed by atoms with Crippen molar-refractivity contribution < 1.29 is 8.78 Å². The van der Waals surface area contributed by atoms with Crippen LogP contribution in [0.2, 0.25) is 5.02 Å². The number of aromatic nitrogens is 2. The molecule has 2 rings (SSSR count). The number of benzene rings is 1.